The van der Waals surface area contributed by atoms with E-state index in [1.54, 1.807) is 0 Å². The molecule has 2 heterocycles. The van der Waals surface area contributed by atoms with Gasteiger partial charge in [0.05, 0.1) is 0 Å². The predicted octanol–water partition coefficient (Wildman–Crippen LogP) is 11.8. The Kier molecular flexibility index (Phi) is 7.79. The fourth-order valence-electron chi connectivity index (χ4n) is 6.95. The summed E-state index contributed by atoms with van der Waals surface area (Å²) in [6.45, 7) is 0. The summed E-state index contributed by atoms with van der Waals surface area (Å²) >= 11 is 0.0895. The van der Waals surface area contributed by atoms with E-state index in [9.17, 15) is 0 Å². The van der Waals surface area contributed by atoms with Crippen molar-refractivity contribution in [3.05, 3.63) is 182 Å². The Hall–Kier alpha value is -6.52. The third kappa shape index (κ3) is 6.02. The molecule has 10 rings (SSSR count). The van der Waals surface area contributed by atoms with Gasteiger partial charge in [0.1, 0.15) is 0 Å². The molecule has 10 aromatic rings. The molecule has 53 heavy (non-hydrogen) atoms. The van der Waals surface area contributed by atoms with Crippen LogP contribution in [0, 0.1) is 0 Å². The Morgan fingerprint density at radius 2 is 0.736 bits per heavy atom. The molecule has 4 nitrogen and oxygen atoms in total. The molecule has 0 saturated carbocycles. The van der Waals surface area contributed by atoms with Crippen LogP contribution in [0.4, 0.5) is 0 Å². The maximum absolute atomic E-state index is 5.09. The molecule has 0 saturated heterocycles. The van der Waals surface area contributed by atoms with Gasteiger partial charge in [0.2, 0.25) is 0 Å². The summed E-state index contributed by atoms with van der Waals surface area (Å²) in [6, 6.07) is 63.9. The molecule has 0 amide bonds. The van der Waals surface area contributed by atoms with Crippen LogP contribution in [0.25, 0.3) is 97.9 Å². The van der Waals surface area contributed by atoms with Gasteiger partial charge in [-0.2, -0.15) is 0 Å². The monoisotopic (exact) mass is 742 g/mol. The van der Waals surface area contributed by atoms with E-state index < -0.39 is 0 Å². The number of nitrogens with zero attached hydrogens (tertiary/aromatic N) is 4. The minimum absolute atomic E-state index is 0.0895. The van der Waals surface area contributed by atoms with Crippen molar-refractivity contribution in [2.75, 3.05) is 0 Å². The van der Waals surface area contributed by atoms with Crippen molar-refractivity contribution in [3.8, 4) is 66.5 Å². The average Bonchev–Trinajstić information content (AvgIpc) is 3.69. The van der Waals surface area contributed by atoms with E-state index in [4.69, 9.17) is 19.9 Å². The number of fused-ring (bicyclic) bond motifs is 4. The first-order valence-electron chi connectivity index (χ1n) is 17.6. The number of benzene rings is 8. The first-order chi connectivity index (χ1) is 26.2. The van der Waals surface area contributed by atoms with E-state index in [-0.39, 0.29) is 14.5 Å². The Labute approximate surface area is 312 Å². The van der Waals surface area contributed by atoms with Crippen molar-refractivity contribution in [2.24, 2.45) is 0 Å². The van der Waals surface area contributed by atoms with Gasteiger partial charge in [0.15, 0.2) is 0 Å². The molecule has 0 fully saturated rings. The smallest absolute Gasteiger partial charge is 0.0177 e. The normalized spacial score (nSPS) is 11.4. The molecular formula is C48H30N4Se. The molecule has 0 spiro atoms. The maximum Gasteiger partial charge on any atom is -0.0177 e. The van der Waals surface area contributed by atoms with Gasteiger partial charge in [-0.3, -0.25) is 0 Å². The number of hydrogen-bond acceptors (Lipinski definition) is 4. The van der Waals surface area contributed by atoms with Crippen LogP contribution in [0.15, 0.2) is 182 Å². The van der Waals surface area contributed by atoms with Crippen molar-refractivity contribution < 1.29 is 0 Å². The molecule has 0 N–H and O–H groups in total. The van der Waals surface area contributed by atoms with Crippen LogP contribution in [0.5, 0.6) is 0 Å². The van der Waals surface area contributed by atoms with E-state index in [1.165, 1.54) is 48.1 Å². The van der Waals surface area contributed by atoms with Crippen LogP contribution in [0.3, 0.4) is 0 Å². The Bertz CT molecular complexity index is 2920. The number of rotatable bonds is 6. The van der Waals surface area contributed by atoms with Crippen molar-refractivity contribution >= 4 is 45.8 Å². The van der Waals surface area contributed by atoms with Gasteiger partial charge in [-0.25, -0.2) is 0 Å². The molecule has 8 aromatic carbocycles. The van der Waals surface area contributed by atoms with Crippen LogP contribution < -0.4 is 0 Å². The molecule has 0 atom stereocenters. The number of hydrogen-bond donors (Lipinski definition) is 0. The Morgan fingerprint density at radius 1 is 0.302 bits per heavy atom. The van der Waals surface area contributed by atoms with E-state index >= 15 is 0 Å². The third-order valence-corrected chi connectivity index (χ3v) is 12.2. The maximum atomic E-state index is 5.09. The second-order valence-electron chi connectivity index (χ2n) is 13.1. The molecule has 248 valence electrons. The summed E-state index contributed by atoms with van der Waals surface area (Å²) in [5, 5.41) is 4.83. The topological polar surface area (TPSA) is 51.6 Å². The zero-order valence-corrected chi connectivity index (χ0v) is 30.2. The zero-order chi connectivity index (χ0) is 35.1. The summed E-state index contributed by atoms with van der Waals surface area (Å²) in [5.74, 6) is 1.94. The molecule has 0 aliphatic heterocycles. The second kappa shape index (κ2) is 13.2. The first-order valence-corrected chi connectivity index (χ1v) is 19.3. The van der Waals surface area contributed by atoms with Crippen LogP contribution in [0.1, 0.15) is 0 Å². The van der Waals surface area contributed by atoms with Gasteiger partial charge in [0, 0.05) is 0 Å². The molecule has 5 heteroatoms. The van der Waals surface area contributed by atoms with Crippen molar-refractivity contribution in [2.45, 2.75) is 0 Å². The predicted molar refractivity (Wildman–Crippen MR) is 220 cm³/mol. The molecule has 0 bridgehead atoms. The van der Waals surface area contributed by atoms with Crippen molar-refractivity contribution in [1.29, 1.82) is 0 Å². The van der Waals surface area contributed by atoms with Gasteiger partial charge in [-0.05, 0) is 34.0 Å². The van der Waals surface area contributed by atoms with Gasteiger partial charge >= 0.3 is 226 Å². The summed E-state index contributed by atoms with van der Waals surface area (Å²) in [6.07, 6.45) is 0. The quantitative estimate of drug-likeness (QED) is 0.159. The van der Waals surface area contributed by atoms with Crippen LogP contribution >= 0.6 is 0 Å². The molecule has 2 aromatic heterocycles. The van der Waals surface area contributed by atoms with Crippen LogP contribution in [0.2, 0.25) is 0 Å². The third-order valence-electron chi connectivity index (χ3n) is 9.74. The summed E-state index contributed by atoms with van der Waals surface area (Å²) in [4.78, 5) is 20.2. The van der Waals surface area contributed by atoms with Gasteiger partial charge in [-0.15, -0.1) is 0 Å². The SMILES string of the molecule is c1ccc(-c2ccc3cc(-c4ccc(-c5nc(-c6ccccc6)nc(-c6ccc7ccc8nc(-c9ccccc9)[se]c8c7c6)n5)cc4)ccc3c2)cc1. The fraction of sp³-hybridized carbons (Fsp3) is 0. The zero-order valence-electron chi connectivity index (χ0n) is 28.5. The molecule has 0 aliphatic rings. The fourth-order valence-corrected chi connectivity index (χ4v) is 9.25. The standard InChI is InChI=1S/C48H30N4Se/c1-4-10-31(11-5-1)37-21-23-40-29-38(22-24-39(40)28-37)32-16-19-35(20-17-32)46-50-45(34-12-6-2-7-13-34)51-47(52-46)41-25-18-33-26-27-43-44(42(33)30-41)53-48(49-43)36-14-8-3-9-15-36/h1-30H. The molecular weight excluding hydrogens is 712 g/mol. The van der Waals surface area contributed by atoms with Gasteiger partial charge in [-0.1, -0.05) is 54.6 Å². The van der Waals surface area contributed by atoms with Crippen molar-refractivity contribution in [1.82, 2.24) is 19.9 Å². The Balaban J connectivity index is 1.03. The summed E-state index contributed by atoms with van der Waals surface area (Å²) < 4.78 is 2.46. The minimum Gasteiger partial charge on any atom is -0.0617 e. The minimum atomic E-state index is 0.0895. The van der Waals surface area contributed by atoms with E-state index in [1.807, 2.05) is 36.4 Å². The molecule has 0 unspecified atom stereocenters. The average molecular weight is 742 g/mol. The van der Waals surface area contributed by atoms with Crippen LogP contribution in [-0.4, -0.2) is 34.4 Å². The summed E-state index contributed by atoms with van der Waals surface area (Å²) in [5.41, 5.74) is 9.85. The van der Waals surface area contributed by atoms with E-state index in [0.29, 0.717) is 17.5 Å². The van der Waals surface area contributed by atoms with E-state index in [0.717, 1.165) is 32.3 Å². The van der Waals surface area contributed by atoms with Gasteiger partial charge < -0.3 is 0 Å². The van der Waals surface area contributed by atoms with Crippen molar-refractivity contribution in [3.63, 3.8) is 0 Å². The summed E-state index contributed by atoms with van der Waals surface area (Å²) in [7, 11) is 0. The molecule has 0 aliphatic carbocycles. The number of aromatic nitrogens is 4. The largest absolute Gasteiger partial charge is 0.0617 e. The second-order valence-corrected chi connectivity index (χ2v) is 15.2. The Morgan fingerprint density at radius 3 is 1.36 bits per heavy atom. The van der Waals surface area contributed by atoms with E-state index in [2.05, 4.69) is 146 Å². The van der Waals surface area contributed by atoms with Crippen LogP contribution in [-0.2, 0) is 0 Å². The first kappa shape index (κ1) is 31.2. The van der Waals surface area contributed by atoms with Gasteiger partial charge in [0.25, 0.3) is 0 Å². The molecule has 0 radical (unpaired) electrons.